The predicted octanol–water partition coefficient (Wildman–Crippen LogP) is 0.923. The lowest BCUT2D eigenvalue weighted by molar-refractivity contribution is -0.120. The molecule has 19 heavy (non-hydrogen) atoms. The summed E-state index contributed by atoms with van der Waals surface area (Å²) in [4.78, 5) is 23.4. The number of carbonyl (C=O) groups is 2. The fraction of sp³-hybridized carbons (Fsp3) is 0.385. The maximum Gasteiger partial charge on any atom is 0.251 e. The number of ketones is 1. The second-order valence-corrected chi connectivity index (χ2v) is 4.72. The molecule has 0 aliphatic carbocycles. The van der Waals surface area contributed by atoms with E-state index in [1.54, 1.807) is 29.9 Å². The first-order valence-corrected chi connectivity index (χ1v) is 6.09. The van der Waals surface area contributed by atoms with Crippen molar-refractivity contribution in [1.82, 2.24) is 20.3 Å². The molecule has 1 heterocycles. The molecule has 0 saturated heterocycles. The Morgan fingerprint density at radius 3 is 2.79 bits per heavy atom. The molecule has 2 rings (SSSR count). The van der Waals surface area contributed by atoms with Crippen molar-refractivity contribution in [3.05, 3.63) is 23.8 Å². The topological polar surface area (TPSA) is 76.9 Å². The molecule has 0 unspecified atom stereocenters. The predicted molar refractivity (Wildman–Crippen MR) is 70.7 cm³/mol. The van der Waals surface area contributed by atoms with Gasteiger partial charge in [-0.05, 0) is 18.2 Å². The van der Waals surface area contributed by atoms with Gasteiger partial charge in [0.25, 0.3) is 5.91 Å². The van der Waals surface area contributed by atoms with Gasteiger partial charge < -0.3 is 5.32 Å². The van der Waals surface area contributed by atoms with Crippen LogP contribution in [0.1, 0.15) is 24.2 Å². The first kappa shape index (κ1) is 13.2. The number of fused-ring (bicyclic) bond motifs is 1. The van der Waals surface area contributed by atoms with Gasteiger partial charge in [-0.1, -0.05) is 19.1 Å². The molecule has 100 valence electrons. The summed E-state index contributed by atoms with van der Waals surface area (Å²) in [5, 5.41) is 10.4. The zero-order valence-corrected chi connectivity index (χ0v) is 11.2. The van der Waals surface area contributed by atoms with Crippen molar-refractivity contribution in [1.29, 1.82) is 0 Å². The normalized spacial score (nSPS) is 10.9. The summed E-state index contributed by atoms with van der Waals surface area (Å²) in [6.07, 6.45) is 0. The summed E-state index contributed by atoms with van der Waals surface area (Å²) < 4.78 is 1.60. The van der Waals surface area contributed by atoms with E-state index in [-0.39, 0.29) is 24.2 Å². The number of hydrogen-bond acceptors (Lipinski definition) is 4. The third-order valence-electron chi connectivity index (χ3n) is 2.94. The third kappa shape index (κ3) is 2.78. The minimum Gasteiger partial charge on any atom is -0.345 e. The van der Waals surface area contributed by atoms with Gasteiger partial charge in [0.15, 0.2) is 5.78 Å². The van der Waals surface area contributed by atoms with E-state index in [2.05, 4.69) is 15.6 Å². The molecule has 0 spiro atoms. The maximum atomic E-state index is 11.9. The number of benzene rings is 1. The Morgan fingerprint density at radius 2 is 2.11 bits per heavy atom. The lowest BCUT2D eigenvalue weighted by Crippen LogP contribution is -2.31. The molecule has 0 aliphatic rings. The standard InChI is InChI=1S/C13H16N4O2/c1-8(2)12(18)7-14-13(19)9-4-5-10-11(6-9)17(3)16-15-10/h4-6,8H,7H2,1-3H3,(H,14,19). The average molecular weight is 260 g/mol. The molecular formula is C13H16N4O2. The summed E-state index contributed by atoms with van der Waals surface area (Å²) in [6, 6.07) is 5.12. The molecule has 0 atom stereocenters. The number of amides is 1. The Morgan fingerprint density at radius 1 is 1.37 bits per heavy atom. The molecule has 1 aromatic carbocycles. The Balaban J connectivity index is 2.13. The fourth-order valence-corrected chi connectivity index (χ4v) is 1.65. The molecule has 6 heteroatoms. The summed E-state index contributed by atoms with van der Waals surface area (Å²) in [5.41, 5.74) is 2.01. The van der Waals surface area contributed by atoms with E-state index < -0.39 is 0 Å². The molecule has 2 aromatic rings. The number of rotatable bonds is 4. The highest BCUT2D eigenvalue weighted by atomic mass is 16.2. The van der Waals surface area contributed by atoms with Crippen molar-refractivity contribution >= 4 is 22.7 Å². The molecule has 0 radical (unpaired) electrons. The molecule has 0 saturated carbocycles. The molecule has 6 nitrogen and oxygen atoms in total. The lowest BCUT2D eigenvalue weighted by Gasteiger charge is -2.06. The van der Waals surface area contributed by atoms with Crippen LogP contribution in [0.5, 0.6) is 0 Å². The van der Waals surface area contributed by atoms with Crippen LogP contribution >= 0.6 is 0 Å². The van der Waals surface area contributed by atoms with Crippen LogP contribution in [0.25, 0.3) is 11.0 Å². The second kappa shape index (κ2) is 5.17. The first-order chi connectivity index (χ1) is 8.99. The summed E-state index contributed by atoms with van der Waals surface area (Å²) in [6.45, 7) is 3.67. The van der Waals surface area contributed by atoms with Gasteiger partial charge in [-0.15, -0.1) is 5.10 Å². The van der Waals surface area contributed by atoms with Crippen molar-refractivity contribution in [2.24, 2.45) is 13.0 Å². The Hall–Kier alpha value is -2.24. The Bertz CT molecular complexity index is 631. The van der Waals surface area contributed by atoms with Crippen LogP contribution in [0.4, 0.5) is 0 Å². The summed E-state index contributed by atoms with van der Waals surface area (Å²) in [7, 11) is 1.76. The van der Waals surface area contributed by atoms with Gasteiger partial charge in [0.1, 0.15) is 5.52 Å². The van der Waals surface area contributed by atoms with E-state index in [4.69, 9.17) is 0 Å². The highest BCUT2D eigenvalue weighted by molar-refractivity contribution is 5.99. The second-order valence-electron chi connectivity index (χ2n) is 4.72. The van der Waals surface area contributed by atoms with Gasteiger partial charge in [0.05, 0.1) is 12.1 Å². The first-order valence-electron chi connectivity index (χ1n) is 6.09. The zero-order chi connectivity index (χ0) is 14.0. The van der Waals surface area contributed by atoms with Crippen molar-refractivity contribution in [3.63, 3.8) is 0 Å². The van der Waals surface area contributed by atoms with Gasteiger partial charge in [-0.25, -0.2) is 4.68 Å². The number of nitrogens with zero attached hydrogens (tertiary/aromatic N) is 3. The number of nitrogens with one attached hydrogen (secondary N) is 1. The van der Waals surface area contributed by atoms with E-state index in [9.17, 15) is 9.59 Å². The molecule has 0 fully saturated rings. The fourth-order valence-electron chi connectivity index (χ4n) is 1.65. The van der Waals surface area contributed by atoms with E-state index in [1.807, 2.05) is 13.8 Å². The monoisotopic (exact) mass is 260 g/mol. The quantitative estimate of drug-likeness (QED) is 0.887. The third-order valence-corrected chi connectivity index (χ3v) is 2.94. The minimum atomic E-state index is -0.267. The van der Waals surface area contributed by atoms with Crippen LogP contribution in [0.3, 0.4) is 0 Å². The van der Waals surface area contributed by atoms with Crippen molar-refractivity contribution in [3.8, 4) is 0 Å². The van der Waals surface area contributed by atoms with Crippen molar-refractivity contribution < 1.29 is 9.59 Å². The molecule has 1 N–H and O–H groups in total. The molecule has 0 aliphatic heterocycles. The van der Waals surface area contributed by atoms with Gasteiger partial charge >= 0.3 is 0 Å². The smallest absolute Gasteiger partial charge is 0.251 e. The highest BCUT2D eigenvalue weighted by Crippen LogP contribution is 2.12. The van der Waals surface area contributed by atoms with Gasteiger partial charge in [0.2, 0.25) is 0 Å². The molecule has 0 bridgehead atoms. The zero-order valence-electron chi connectivity index (χ0n) is 11.2. The van der Waals surface area contributed by atoms with Crippen molar-refractivity contribution in [2.75, 3.05) is 6.54 Å². The summed E-state index contributed by atoms with van der Waals surface area (Å²) >= 11 is 0. The van der Waals surface area contributed by atoms with Crippen LogP contribution in [0.15, 0.2) is 18.2 Å². The van der Waals surface area contributed by atoms with Gasteiger partial charge in [0, 0.05) is 18.5 Å². The highest BCUT2D eigenvalue weighted by Gasteiger charge is 2.12. The van der Waals surface area contributed by atoms with Crippen LogP contribution in [0.2, 0.25) is 0 Å². The van der Waals surface area contributed by atoms with Crippen LogP contribution in [0, 0.1) is 5.92 Å². The SMILES string of the molecule is CC(C)C(=O)CNC(=O)c1ccc2nnn(C)c2c1. The van der Waals surface area contributed by atoms with Gasteiger partial charge in [-0.2, -0.15) is 0 Å². The molecule has 1 aromatic heterocycles. The average Bonchev–Trinajstić information content (AvgIpc) is 2.76. The minimum absolute atomic E-state index is 0.0108. The van der Waals surface area contributed by atoms with E-state index in [0.717, 1.165) is 11.0 Å². The van der Waals surface area contributed by atoms with Gasteiger partial charge in [-0.3, -0.25) is 9.59 Å². The van der Waals surface area contributed by atoms with E-state index in [0.29, 0.717) is 5.56 Å². The Labute approximate surface area is 110 Å². The number of Topliss-reactive ketones (excluding diaryl/α,β-unsaturated/α-hetero) is 1. The van der Waals surface area contributed by atoms with E-state index >= 15 is 0 Å². The number of hydrogen-bond donors (Lipinski definition) is 1. The largest absolute Gasteiger partial charge is 0.345 e. The van der Waals surface area contributed by atoms with Crippen molar-refractivity contribution in [2.45, 2.75) is 13.8 Å². The number of carbonyl (C=O) groups excluding carboxylic acids is 2. The molecular weight excluding hydrogens is 244 g/mol. The van der Waals surface area contributed by atoms with Crippen LogP contribution in [-0.4, -0.2) is 33.2 Å². The Kier molecular flexibility index (Phi) is 3.59. The van der Waals surface area contributed by atoms with E-state index in [1.165, 1.54) is 0 Å². The molecule has 1 amide bonds. The maximum absolute atomic E-state index is 11.9. The lowest BCUT2D eigenvalue weighted by atomic mass is 10.1. The summed E-state index contributed by atoms with van der Waals surface area (Å²) in [5.74, 6) is -0.335. The van der Waals surface area contributed by atoms with Crippen LogP contribution in [-0.2, 0) is 11.8 Å². The number of aromatic nitrogens is 3. The van der Waals surface area contributed by atoms with Crippen LogP contribution < -0.4 is 5.32 Å². The number of aryl methyl sites for hydroxylation is 1.